The fourth-order valence-corrected chi connectivity index (χ4v) is 7.58. The Hall–Kier alpha value is -5.51. The largest absolute Gasteiger partial charge is 0.507 e. The van der Waals surface area contributed by atoms with Crippen LogP contribution in [0.4, 0.5) is 10.5 Å². The highest BCUT2D eigenvalue weighted by Gasteiger charge is 2.50. The first kappa shape index (κ1) is 45.0. The van der Waals surface area contributed by atoms with Gasteiger partial charge in [0.2, 0.25) is 11.7 Å². The minimum absolute atomic E-state index is 0.0478. The Kier molecular flexibility index (Phi) is 14.4. The molecule has 0 saturated carbocycles. The van der Waals surface area contributed by atoms with Crippen LogP contribution in [0, 0.1) is 0 Å². The second-order valence-electron chi connectivity index (χ2n) is 14.9. The minimum atomic E-state index is -2.38. The lowest BCUT2D eigenvalue weighted by Gasteiger charge is -2.42. The number of hydrogen-bond acceptors (Lipinski definition) is 17. The number of carbonyl (C=O) groups excluding carboxylic acids is 5. The number of methoxy groups -OCH3 is 1. The zero-order chi connectivity index (χ0) is 44.0. The number of nitrogens with one attached hydrogen (secondary N) is 2. The van der Waals surface area contributed by atoms with E-state index in [2.05, 4.69) is 10.6 Å². The Bertz CT molecular complexity index is 2130. The Labute approximate surface area is 349 Å². The molecule has 2 aliphatic carbocycles. The highest BCUT2D eigenvalue weighted by molar-refractivity contribution is 6.31. The molecule has 4 unspecified atom stereocenters. The van der Waals surface area contributed by atoms with E-state index in [0.29, 0.717) is 17.9 Å². The monoisotopic (exact) mass is 851 g/mol. The summed E-state index contributed by atoms with van der Waals surface area (Å²) in [4.78, 5) is 66.6. The third-order valence-electron chi connectivity index (χ3n) is 10.7. The number of hydrogen-bond donors (Lipinski definition) is 8. The summed E-state index contributed by atoms with van der Waals surface area (Å²) < 4.78 is 33.0. The SMILES string of the molecule is COc1cccc2c1C(=O)c1c(O)c3c(c(O)c1C2=O)C[C@@](O)(C(=O)CNC(=O)OCc1ccc(NC(=O)CCOCCOCCO)cc1)C[C@@H]3OC1CC(N)C(O)C(C)O1. The summed E-state index contributed by atoms with van der Waals surface area (Å²) in [5, 5.41) is 59.6. The van der Waals surface area contributed by atoms with Crippen molar-refractivity contribution in [2.75, 3.05) is 52.0 Å². The molecular weight excluding hydrogens is 802 g/mol. The maximum absolute atomic E-state index is 14.0. The van der Waals surface area contributed by atoms with Gasteiger partial charge in [-0.1, -0.05) is 24.3 Å². The Morgan fingerprint density at radius 2 is 1.66 bits per heavy atom. The number of alkyl carbamates (subject to hydrolysis) is 1. The summed E-state index contributed by atoms with van der Waals surface area (Å²) in [5.41, 5.74) is 3.08. The molecule has 19 heteroatoms. The number of phenols is 2. The van der Waals surface area contributed by atoms with Gasteiger partial charge >= 0.3 is 6.09 Å². The van der Waals surface area contributed by atoms with Gasteiger partial charge in [0.25, 0.3) is 0 Å². The molecule has 61 heavy (non-hydrogen) atoms. The molecule has 328 valence electrons. The third kappa shape index (κ3) is 9.84. The quantitative estimate of drug-likeness (QED) is 0.0548. The molecule has 3 aromatic carbocycles. The van der Waals surface area contributed by atoms with Crippen molar-refractivity contribution in [3.05, 3.63) is 81.4 Å². The maximum atomic E-state index is 14.0. The van der Waals surface area contributed by atoms with Crippen molar-refractivity contribution in [1.29, 1.82) is 0 Å². The van der Waals surface area contributed by atoms with Gasteiger partial charge in [0.1, 0.15) is 29.5 Å². The van der Waals surface area contributed by atoms with Gasteiger partial charge in [0, 0.05) is 47.7 Å². The fourth-order valence-electron chi connectivity index (χ4n) is 7.58. The molecule has 0 spiro atoms. The summed E-state index contributed by atoms with van der Waals surface area (Å²) >= 11 is 0. The normalized spacial score (nSPS) is 23.0. The molecule has 19 nitrogen and oxygen atoms in total. The standard InChI is InChI=1S/C42H49N3O16/c1-21-36(49)26(43)16-31(60-21)61-28-18-42(55,17-25-33(28)40(53)35-34(38(25)51)37(50)24-4-3-5-27(56-2)32(24)39(35)52)29(47)19-44-41(54)59-20-22-6-8-23(9-7-22)45-30(48)10-12-57-14-15-58-13-11-46/h3-9,21,26,28,31,36,46,49,51,53,55H,10-20,43H2,1-2H3,(H,44,54)(H,45,48)/t21?,26?,28-,31?,36?,42-/m0/s1. The number of aromatic hydroxyl groups is 2. The summed E-state index contributed by atoms with van der Waals surface area (Å²) in [6, 6.07) is 9.95. The predicted octanol–water partition coefficient (Wildman–Crippen LogP) is 1.29. The van der Waals surface area contributed by atoms with E-state index in [1.165, 1.54) is 25.3 Å². The predicted molar refractivity (Wildman–Crippen MR) is 211 cm³/mol. The molecule has 1 heterocycles. The average Bonchev–Trinajstić information content (AvgIpc) is 3.23. The zero-order valence-corrected chi connectivity index (χ0v) is 33.5. The van der Waals surface area contributed by atoms with Crippen LogP contribution in [0.15, 0.2) is 42.5 Å². The number of Topliss-reactive ketones (excluding diaryl/α,β-unsaturated/α-hetero) is 1. The number of nitrogens with two attached hydrogens (primary N) is 1. The number of aliphatic hydroxyl groups is 3. The van der Waals surface area contributed by atoms with Crippen LogP contribution in [0.3, 0.4) is 0 Å². The number of anilines is 1. The lowest BCUT2D eigenvalue weighted by atomic mass is 9.71. The molecule has 0 bridgehead atoms. The summed E-state index contributed by atoms with van der Waals surface area (Å²) in [5.74, 6) is -4.28. The van der Waals surface area contributed by atoms with Crippen molar-refractivity contribution in [3.8, 4) is 17.2 Å². The highest BCUT2D eigenvalue weighted by atomic mass is 16.7. The van der Waals surface area contributed by atoms with E-state index in [0.717, 1.165) is 0 Å². The van der Waals surface area contributed by atoms with Crippen molar-refractivity contribution >= 4 is 35.0 Å². The van der Waals surface area contributed by atoms with Crippen LogP contribution in [0.5, 0.6) is 17.2 Å². The number of phenolic OH excluding ortho intramolecular Hbond substituents is 2. The van der Waals surface area contributed by atoms with Crippen molar-refractivity contribution in [2.24, 2.45) is 5.73 Å². The van der Waals surface area contributed by atoms with Crippen LogP contribution in [0.1, 0.15) is 80.8 Å². The molecule has 3 aromatic rings. The van der Waals surface area contributed by atoms with Crippen molar-refractivity contribution in [2.45, 2.75) is 75.5 Å². The molecule has 0 radical (unpaired) electrons. The van der Waals surface area contributed by atoms with Crippen LogP contribution in [0.25, 0.3) is 0 Å². The minimum Gasteiger partial charge on any atom is -0.507 e. The lowest BCUT2D eigenvalue weighted by Crippen LogP contribution is -2.53. The second-order valence-corrected chi connectivity index (χ2v) is 14.9. The number of ether oxygens (including phenoxy) is 6. The van der Waals surface area contributed by atoms with Gasteiger partial charge in [0.15, 0.2) is 17.9 Å². The summed E-state index contributed by atoms with van der Waals surface area (Å²) in [7, 11) is 1.31. The topological polar surface area (TPSA) is 292 Å². The number of aliphatic hydroxyl groups excluding tert-OH is 2. The maximum Gasteiger partial charge on any atom is 0.407 e. The van der Waals surface area contributed by atoms with Crippen LogP contribution < -0.4 is 21.1 Å². The molecular formula is C42H49N3O16. The Morgan fingerprint density at radius 3 is 2.34 bits per heavy atom. The summed E-state index contributed by atoms with van der Waals surface area (Å²) in [6.45, 7) is 1.47. The fraction of sp³-hybridized carbons (Fsp3) is 0.452. The molecule has 6 rings (SSSR count). The van der Waals surface area contributed by atoms with Crippen molar-refractivity contribution in [3.63, 3.8) is 0 Å². The van der Waals surface area contributed by atoms with Gasteiger partial charge in [0.05, 0.1) is 88.1 Å². The van der Waals surface area contributed by atoms with E-state index in [-0.39, 0.29) is 79.8 Å². The van der Waals surface area contributed by atoms with E-state index >= 15 is 0 Å². The molecule has 6 atom stereocenters. The van der Waals surface area contributed by atoms with Gasteiger partial charge in [-0.25, -0.2) is 4.79 Å². The average molecular weight is 852 g/mol. The molecule has 0 aromatic heterocycles. The first-order valence-corrected chi connectivity index (χ1v) is 19.6. The van der Waals surface area contributed by atoms with Gasteiger partial charge < -0.3 is 70.3 Å². The van der Waals surface area contributed by atoms with Gasteiger partial charge in [-0.3, -0.25) is 19.2 Å². The van der Waals surface area contributed by atoms with E-state index < -0.39 is 102 Å². The number of amides is 2. The highest BCUT2D eigenvalue weighted by Crippen LogP contribution is 2.52. The van der Waals surface area contributed by atoms with Gasteiger partial charge in [-0.05, 0) is 30.7 Å². The second kappa shape index (κ2) is 19.5. The third-order valence-corrected chi connectivity index (χ3v) is 10.7. The van der Waals surface area contributed by atoms with Crippen LogP contribution >= 0.6 is 0 Å². The molecule has 1 saturated heterocycles. The Balaban J connectivity index is 1.13. The smallest absolute Gasteiger partial charge is 0.407 e. The lowest BCUT2D eigenvalue weighted by molar-refractivity contribution is -0.247. The van der Waals surface area contributed by atoms with Crippen molar-refractivity contribution in [1.82, 2.24) is 5.32 Å². The molecule has 3 aliphatic rings. The number of rotatable bonds is 17. The van der Waals surface area contributed by atoms with Crippen molar-refractivity contribution < 1.29 is 77.9 Å². The molecule has 2 amide bonds. The van der Waals surface area contributed by atoms with E-state index in [9.17, 15) is 44.4 Å². The van der Waals surface area contributed by atoms with E-state index in [1.807, 2.05) is 0 Å². The molecule has 9 N–H and O–H groups in total. The number of fused-ring (bicyclic) bond motifs is 3. The summed E-state index contributed by atoms with van der Waals surface area (Å²) in [6.07, 6.45) is -6.61. The van der Waals surface area contributed by atoms with E-state index in [1.54, 1.807) is 31.2 Å². The first-order valence-electron chi connectivity index (χ1n) is 19.6. The number of carbonyl (C=O) groups is 5. The number of ketones is 3. The van der Waals surface area contributed by atoms with Gasteiger partial charge in [-0.15, -0.1) is 0 Å². The zero-order valence-electron chi connectivity index (χ0n) is 33.5. The molecule has 1 fully saturated rings. The first-order chi connectivity index (χ1) is 29.2. The van der Waals surface area contributed by atoms with E-state index in [4.69, 9.17) is 39.3 Å². The number of benzene rings is 3. The van der Waals surface area contributed by atoms with Crippen LogP contribution in [-0.4, -0.2) is 132 Å². The van der Waals surface area contributed by atoms with Gasteiger partial charge in [-0.2, -0.15) is 0 Å². The molecule has 1 aliphatic heterocycles. The Morgan fingerprint density at radius 1 is 0.951 bits per heavy atom. The van der Waals surface area contributed by atoms with Crippen LogP contribution in [-0.2, 0) is 46.3 Å². The van der Waals surface area contributed by atoms with Crippen LogP contribution in [0.2, 0.25) is 0 Å².